The van der Waals surface area contributed by atoms with Gasteiger partial charge in [-0.2, -0.15) is 0 Å². The Hall–Kier alpha value is -0.610. The van der Waals surface area contributed by atoms with Crippen LogP contribution in [0.2, 0.25) is 0 Å². The van der Waals surface area contributed by atoms with Crippen LogP contribution in [-0.4, -0.2) is 41.1 Å². The maximum Gasteiger partial charge on any atom is 0.325 e. The molecule has 4 heteroatoms. The van der Waals surface area contributed by atoms with Crippen molar-refractivity contribution < 1.29 is 9.90 Å². The molecule has 3 fully saturated rings. The molecule has 0 unspecified atom stereocenters. The average Bonchev–Trinajstić information content (AvgIpc) is 2.05. The largest absolute Gasteiger partial charge is 0.480 e. The standard InChI is InChI=1S/C8H14N2O2/c9-8(7(11)12)5-10-3-1-6(8)2-4-10/h6H,1-5,9H2,(H,11,12)/t8-/m1/s1. The first-order valence-corrected chi connectivity index (χ1v) is 4.37. The molecule has 1 atom stereocenters. The van der Waals surface area contributed by atoms with Crippen molar-refractivity contribution >= 4 is 5.97 Å². The molecule has 12 heavy (non-hydrogen) atoms. The summed E-state index contributed by atoms with van der Waals surface area (Å²) in [6.07, 6.45) is 1.89. The van der Waals surface area contributed by atoms with E-state index in [9.17, 15) is 4.79 Å². The molecule has 0 amide bonds. The monoisotopic (exact) mass is 170 g/mol. The van der Waals surface area contributed by atoms with E-state index in [4.69, 9.17) is 10.8 Å². The van der Waals surface area contributed by atoms with E-state index in [1.54, 1.807) is 0 Å². The number of carboxylic acids is 1. The lowest BCUT2D eigenvalue weighted by molar-refractivity contribution is -0.151. The molecule has 0 spiro atoms. The second kappa shape index (κ2) is 2.44. The fourth-order valence-corrected chi connectivity index (χ4v) is 2.35. The Morgan fingerprint density at radius 3 is 2.33 bits per heavy atom. The summed E-state index contributed by atoms with van der Waals surface area (Å²) in [6.45, 7) is 2.58. The Bertz CT molecular complexity index is 211. The van der Waals surface area contributed by atoms with Crippen molar-refractivity contribution in [3.8, 4) is 0 Å². The van der Waals surface area contributed by atoms with Gasteiger partial charge in [0.1, 0.15) is 5.54 Å². The Labute approximate surface area is 71.3 Å². The maximum absolute atomic E-state index is 10.9. The average molecular weight is 170 g/mol. The van der Waals surface area contributed by atoms with E-state index in [0.29, 0.717) is 6.54 Å². The SMILES string of the molecule is N[C@]1(C(=O)O)CN2CCC1CC2. The molecule has 3 rings (SSSR count). The topological polar surface area (TPSA) is 66.6 Å². The van der Waals surface area contributed by atoms with Gasteiger partial charge in [0.05, 0.1) is 0 Å². The second-order valence-corrected chi connectivity index (χ2v) is 3.90. The number of piperidine rings is 3. The van der Waals surface area contributed by atoms with Gasteiger partial charge in [0.25, 0.3) is 0 Å². The van der Waals surface area contributed by atoms with Gasteiger partial charge in [-0.05, 0) is 31.8 Å². The van der Waals surface area contributed by atoms with Crippen molar-refractivity contribution in [2.75, 3.05) is 19.6 Å². The fraction of sp³-hybridized carbons (Fsp3) is 0.875. The molecular formula is C8H14N2O2. The van der Waals surface area contributed by atoms with Gasteiger partial charge < -0.3 is 15.7 Å². The number of carbonyl (C=O) groups is 1. The predicted molar refractivity (Wildman–Crippen MR) is 43.7 cm³/mol. The summed E-state index contributed by atoms with van der Waals surface area (Å²) in [5, 5.41) is 8.97. The van der Waals surface area contributed by atoms with E-state index in [1.165, 1.54) is 0 Å². The molecule has 0 radical (unpaired) electrons. The predicted octanol–water partition coefficient (Wildman–Crippen LogP) is -0.506. The van der Waals surface area contributed by atoms with Crippen LogP contribution >= 0.6 is 0 Å². The number of nitrogens with two attached hydrogens (primary N) is 1. The van der Waals surface area contributed by atoms with Gasteiger partial charge in [-0.1, -0.05) is 0 Å². The van der Waals surface area contributed by atoms with Crippen LogP contribution in [0, 0.1) is 5.92 Å². The minimum atomic E-state index is -0.962. The van der Waals surface area contributed by atoms with E-state index in [-0.39, 0.29) is 5.92 Å². The number of rotatable bonds is 1. The van der Waals surface area contributed by atoms with E-state index in [0.717, 1.165) is 25.9 Å². The smallest absolute Gasteiger partial charge is 0.325 e. The molecule has 68 valence electrons. The van der Waals surface area contributed by atoms with E-state index >= 15 is 0 Å². The summed E-state index contributed by atoms with van der Waals surface area (Å²) in [5.41, 5.74) is 4.88. The van der Waals surface area contributed by atoms with E-state index in [2.05, 4.69) is 4.90 Å². The first-order valence-electron chi connectivity index (χ1n) is 4.37. The number of carboxylic acid groups (broad SMARTS) is 1. The molecule has 3 saturated heterocycles. The first kappa shape index (κ1) is 8.01. The van der Waals surface area contributed by atoms with Gasteiger partial charge in [-0.3, -0.25) is 4.79 Å². The minimum absolute atomic E-state index is 0.194. The Balaban J connectivity index is 2.22. The van der Waals surface area contributed by atoms with Crippen LogP contribution in [0.3, 0.4) is 0 Å². The third kappa shape index (κ3) is 0.949. The number of hydrogen-bond acceptors (Lipinski definition) is 3. The highest BCUT2D eigenvalue weighted by Gasteiger charge is 2.49. The lowest BCUT2D eigenvalue weighted by atomic mass is 9.73. The molecule has 0 aromatic carbocycles. The molecule has 2 bridgehead atoms. The Morgan fingerprint density at radius 2 is 2.08 bits per heavy atom. The van der Waals surface area contributed by atoms with Crippen molar-refractivity contribution in [3.63, 3.8) is 0 Å². The molecule has 0 aromatic heterocycles. The fourth-order valence-electron chi connectivity index (χ4n) is 2.35. The van der Waals surface area contributed by atoms with Crippen molar-refractivity contribution in [1.29, 1.82) is 0 Å². The summed E-state index contributed by atoms with van der Waals surface area (Å²) in [4.78, 5) is 13.1. The number of fused-ring (bicyclic) bond motifs is 3. The van der Waals surface area contributed by atoms with Crippen LogP contribution in [0.5, 0.6) is 0 Å². The molecule has 0 aromatic rings. The van der Waals surface area contributed by atoms with Gasteiger partial charge in [0, 0.05) is 6.54 Å². The molecular weight excluding hydrogens is 156 g/mol. The summed E-state index contributed by atoms with van der Waals surface area (Å²) < 4.78 is 0. The van der Waals surface area contributed by atoms with Crippen LogP contribution in [0.15, 0.2) is 0 Å². The molecule has 0 saturated carbocycles. The summed E-state index contributed by atoms with van der Waals surface area (Å²) in [5.74, 6) is -0.642. The van der Waals surface area contributed by atoms with Gasteiger partial charge >= 0.3 is 5.97 Å². The molecule has 3 aliphatic rings. The normalized spacial score (nSPS) is 46.1. The van der Waals surface area contributed by atoms with Crippen LogP contribution in [0.25, 0.3) is 0 Å². The highest BCUT2D eigenvalue weighted by atomic mass is 16.4. The number of nitrogens with zero attached hydrogens (tertiary/aromatic N) is 1. The first-order chi connectivity index (χ1) is 5.63. The van der Waals surface area contributed by atoms with Crippen molar-refractivity contribution in [1.82, 2.24) is 4.90 Å². The third-order valence-electron chi connectivity index (χ3n) is 3.20. The van der Waals surface area contributed by atoms with Crippen LogP contribution in [0.1, 0.15) is 12.8 Å². The highest BCUT2D eigenvalue weighted by Crippen LogP contribution is 2.33. The van der Waals surface area contributed by atoms with Crippen molar-refractivity contribution in [3.05, 3.63) is 0 Å². The van der Waals surface area contributed by atoms with Crippen molar-refractivity contribution in [2.45, 2.75) is 18.4 Å². The Morgan fingerprint density at radius 1 is 1.50 bits per heavy atom. The molecule has 4 nitrogen and oxygen atoms in total. The van der Waals surface area contributed by atoms with Gasteiger partial charge in [0.15, 0.2) is 0 Å². The van der Waals surface area contributed by atoms with Crippen LogP contribution in [0.4, 0.5) is 0 Å². The number of aliphatic carboxylic acids is 1. The Kier molecular flexibility index (Phi) is 1.63. The van der Waals surface area contributed by atoms with Gasteiger partial charge in [-0.15, -0.1) is 0 Å². The third-order valence-corrected chi connectivity index (χ3v) is 3.20. The zero-order chi connectivity index (χ0) is 8.77. The van der Waals surface area contributed by atoms with E-state index < -0.39 is 11.5 Å². The summed E-state index contributed by atoms with van der Waals surface area (Å²) in [6, 6.07) is 0. The quantitative estimate of drug-likeness (QED) is 0.556. The van der Waals surface area contributed by atoms with Gasteiger partial charge in [0.2, 0.25) is 0 Å². The second-order valence-electron chi connectivity index (χ2n) is 3.90. The summed E-state index contributed by atoms with van der Waals surface area (Å²) in [7, 11) is 0. The minimum Gasteiger partial charge on any atom is -0.480 e. The number of hydrogen-bond donors (Lipinski definition) is 2. The zero-order valence-electron chi connectivity index (χ0n) is 6.99. The molecule has 0 aliphatic carbocycles. The lowest BCUT2D eigenvalue weighted by Gasteiger charge is -2.48. The van der Waals surface area contributed by atoms with E-state index in [1.807, 2.05) is 0 Å². The lowest BCUT2D eigenvalue weighted by Crippen LogP contribution is -2.67. The van der Waals surface area contributed by atoms with Crippen LogP contribution in [-0.2, 0) is 4.79 Å². The van der Waals surface area contributed by atoms with Gasteiger partial charge in [-0.25, -0.2) is 0 Å². The molecule has 3 heterocycles. The zero-order valence-corrected chi connectivity index (χ0v) is 6.99. The summed E-state index contributed by atoms with van der Waals surface area (Å²) >= 11 is 0. The molecule has 3 aliphatic heterocycles. The van der Waals surface area contributed by atoms with Crippen LogP contribution < -0.4 is 5.73 Å². The molecule has 3 N–H and O–H groups in total. The maximum atomic E-state index is 10.9. The highest BCUT2D eigenvalue weighted by molar-refractivity contribution is 5.79. The van der Waals surface area contributed by atoms with Crippen molar-refractivity contribution in [2.24, 2.45) is 11.7 Å².